The average molecular weight is 161 g/mol. The predicted octanol–water partition coefficient (Wildman–Crippen LogP) is 1.03. The van der Waals surface area contributed by atoms with E-state index < -0.39 is 0 Å². The zero-order valence-electron chi connectivity index (χ0n) is 6.79. The van der Waals surface area contributed by atoms with E-state index in [4.69, 9.17) is 9.94 Å². The molecule has 0 radical (unpaired) electrons. The lowest BCUT2D eigenvalue weighted by Gasteiger charge is -2.29. The molecule has 1 N–H and O–H groups in total. The van der Waals surface area contributed by atoms with Crippen molar-refractivity contribution in [3.63, 3.8) is 0 Å². The van der Waals surface area contributed by atoms with E-state index in [2.05, 4.69) is 20.8 Å². The van der Waals surface area contributed by atoms with Crippen molar-refractivity contribution in [1.29, 1.82) is 0 Å². The van der Waals surface area contributed by atoms with Crippen LogP contribution in [0.3, 0.4) is 0 Å². The molecule has 3 heteroatoms. The standard InChI is InChI=1S/C7H15NO2.CH4/c1-7(2,3)8-4-6(9)5-10-8;/h6,9H,4-5H2,1-3H3;1H4. The molecule has 0 aromatic rings. The Kier molecular flexibility index (Phi) is 3.48. The maximum absolute atomic E-state index is 9.10. The molecule has 1 atom stereocenters. The Labute approximate surface area is 68.9 Å². The highest BCUT2D eigenvalue weighted by Gasteiger charge is 2.30. The molecule has 11 heavy (non-hydrogen) atoms. The number of aliphatic hydroxyl groups is 1. The van der Waals surface area contributed by atoms with Crippen LogP contribution in [0.2, 0.25) is 0 Å². The molecule has 0 aromatic heterocycles. The number of hydroxylamine groups is 2. The van der Waals surface area contributed by atoms with Crippen LogP contribution >= 0.6 is 0 Å². The minimum absolute atomic E-state index is 0. The van der Waals surface area contributed by atoms with E-state index in [0.29, 0.717) is 13.2 Å². The lowest BCUT2D eigenvalue weighted by molar-refractivity contribution is -0.166. The van der Waals surface area contributed by atoms with E-state index in [1.54, 1.807) is 0 Å². The summed E-state index contributed by atoms with van der Waals surface area (Å²) in [5.41, 5.74) is 0.0114. The smallest absolute Gasteiger partial charge is 0.0958 e. The molecule has 0 amide bonds. The SMILES string of the molecule is C.CC(C)(C)N1CC(O)CO1. The Balaban J connectivity index is 0.000001000. The summed E-state index contributed by atoms with van der Waals surface area (Å²) >= 11 is 0. The van der Waals surface area contributed by atoms with Crippen LogP contribution in [0.25, 0.3) is 0 Å². The topological polar surface area (TPSA) is 32.7 Å². The Bertz CT molecular complexity index is 120. The van der Waals surface area contributed by atoms with Gasteiger partial charge in [0, 0.05) is 5.54 Å². The van der Waals surface area contributed by atoms with E-state index in [-0.39, 0.29) is 19.1 Å². The highest BCUT2D eigenvalue weighted by molar-refractivity contribution is 4.76. The molecule has 0 aromatic carbocycles. The fraction of sp³-hybridized carbons (Fsp3) is 1.00. The molecular formula is C8H19NO2. The molecular weight excluding hydrogens is 142 g/mol. The molecule has 0 saturated carbocycles. The maximum Gasteiger partial charge on any atom is 0.0958 e. The third kappa shape index (κ3) is 2.77. The first-order valence-electron chi connectivity index (χ1n) is 3.59. The maximum atomic E-state index is 9.10. The van der Waals surface area contributed by atoms with Gasteiger partial charge >= 0.3 is 0 Å². The zero-order valence-corrected chi connectivity index (χ0v) is 6.79. The number of hydrogen-bond donors (Lipinski definition) is 1. The van der Waals surface area contributed by atoms with Crippen molar-refractivity contribution in [2.75, 3.05) is 13.2 Å². The molecule has 68 valence electrons. The quantitative estimate of drug-likeness (QED) is 0.576. The van der Waals surface area contributed by atoms with Crippen LogP contribution in [0.4, 0.5) is 0 Å². The molecule has 1 heterocycles. The Morgan fingerprint density at radius 1 is 1.45 bits per heavy atom. The van der Waals surface area contributed by atoms with Crippen molar-refractivity contribution in [3.8, 4) is 0 Å². The number of nitrogens with zero attached hydrogens (tertiary/aromatic N) is 1. The fourth-order valence-electron chi connectivity index (χ4n) is 0.940. The van der Waals surface area contributed by atoms with Crippen molar-refractivity contribution in [3.05, 3.63) is 0 Å². The third-order valence-electron chi connectivity index (χ3n) is 1.55. The summed E-state index contributed by atoms with van der Waals surface area (Å²) in [5.74, 6) is 0. The second-order valence-corrected chi connectivity index (χ2v) is 3.68. The van der Waals surface area contributed by atoms with Gasteiger partial charge in [-0.25, -0.2) is 0 Å². The van der Waals surface area contributed by atoms with Crippen molar-refractivity contribution in [2.45, 2.75) is 39.8 Å². The molecule has 0 spiro atoms. The highest BCUT2D eigenvalue weighted by atomic mass is 16.7. The van der Waals surface area contributed by atoms with Gasteiger partial charge in [-0.15, -0.1) is 0 Å². The van der Waals surface area contributed by atoms with Gasteiger partial charge in [0.15, 0.2) is 0 Å². The summed E-state index contributed by atoms with van der Waals surface area (Å²) in [4.78, 5) is 5.21. The largest absolute Gasteiger partial charge is 0.389 e. The van der Waals surface area contributed by atoms with Crippen molar-refractivity contribution in [1.82, 2.24) is 5.06 Å². The lowest BCUT2D eigenvalue weighted by atomic mass is 10.1. The van der Waals surface area contributed by atoms with Gasteiger partial charge in [0.1, 0.15) is 0 Å². The second-order valence-electron chi connectivity index (χ2n) is 3.68. The van der Waals surface area contributed by atoms with Gasteiger partial charge in [0.05, 0.1) is 19.3 Å². The van der Waals surface area contributed by atoms with Crippen molar-refractivity contribution < 1.29 is 9.94 Å². The number of hydrogen-bond acceptors (Lipinski definition) is 3. The molecule has 1 aliphatic rings. The lowest BCUT2D eigenvalue weighted by Crippen LogP contribution is -2.38. The summed E-state index contributed by atoms with van der Waals surface area (Å²) in [6.45, 7) is 7.25. The monoisotopic (exact) mass is 161 g/mol. The molecule has 1 fully saturated rings. The molecule has 3 nitrogen and oxygen atoms in total. The van der Waals surface area contributed by atoms with E-state index >= 15 is 0 Å². The van der Waals surface area contributed by atoms with Gasteiger partial charge in [-0.1, -0.05) is 7.43 Å². The molecule has 1 unspecified atom stereocenters. The number of rotatable bonds is 0. The first-order chi connectivity index (χ1) is 4.50. The Morgan fingerprint density at radius 2 is 2.00 bits per heavy atom. The van der Waals surface area contributed by atoms with Crippen LogP contribution in [-0.2, 0) is 4.84 Å². The van der Waals surface area contributed by atoms with Gasteiger partial charge in [0.25, 0.3) is 0 Å². The normalized spacial score (nSPS) is 26.7. The minimum Gasteiger partial charge on any atom is -0.389 e. The molecule has 1 saturated heterocycles. The van der Waals surface area contributed by atoms with Crippen LogP contribution < -0.4 is 0 Å². The fourth-order valence-corrected chi connectivity index (χ4v) is 0.940. The van der Waals surface area contributed by atoms with E-state index in [1.807, 2.05) is 5.06 Å². The van der Waals surface area contributed by atoms with Crippen LogP contribution in [0.5, 0.6) is 0 Å². The first-order valence-corrected chi connectivity index (χ1v) is 3.59. The van der Waals surface area contributed by atoms with E-state index in [1.165, 1.54) is 0 Å². The summed E-state index contributed by atoms with van der Waals surface area (Å²) in [7, 11) is 0. The number of β-amino-alcohol motifs (C(OH)–C–C–N with tert-alkyl or cyclic N) is 1. The number of aliphatic hydroxyl groups excluding tert-OH is 1. The van der Waals surface area contributed by atoms with Crippen LogP contribution in [0.15, 0.2) is 0 Å². The van der Waals surface area contributed by atoms with Crippen LogP contribution in [0.1, 0.15) is 28.2 Å². The molecule has 0 aliphatic carbocycles. The van der Waals surface area contributed by atoms with Crippen molar-refractivity contribution in [2.24, 2.45) is 0 Å². The van der Waals surface area contributed by atoms with E-state index in [0.717, 1.165) is 0 Å². The van der Waals surface area contributed by atoms with Gasteiger partial charge in [-0.3, -0.25) is 4.84 Å². The van der Waals surface area contributed by atoms with Gasteiger partial charge < -0.3 is 5.11 Å². The predicted molar refractivity (Wildman–Crippen MR) is 45.1 cm³/mol. The highest BCUT2D eigenvalue weighted by Crippen LogP contribution is 2.18. The van der Waals surface area contributed by atoms with Gasteiger partial charge in [0.2, 0.25) is 0 Å². The van der Waals surface area contributed by atoms with Crippen molar-refractivity contribution >= 4 is 0 Å². The third-order valence-corrected chi connectivity index (χ3v) is 1.55. The van der Waals surface area contributed by atoms with Crippen LogP contribution in [-0.4, -0.2) is 35.0 Å². The summed E-state index contributed by atoms with van der Waals surface area (Å²) in [6.07, 6.45) is -0.306. The summed E-state index contributed by atoms with van der Waals surface area (Å²) in [5, 5.41) is 10.9. The first kappa shape index (κ1) is 10.9. The molecule has 1 aliphatic heterocycles. The molecule has 1 rings (SSSR count). The summed E-state index contributed by atoms with van der Waals surface area (Å²) in [6, 6.07) is 0. The van der Waals surface area contributed by atoms with Gasteiger partial charge in [-0.2, -0.15) is 5.06 Å². The minimum atomic E-state index is -0.306. The zero-order chi connectivity index (χ0) is 7.78. The summed E-state index contributed by atoms with van der Waals surface area (Å²) < 4.78 is 0. The van der Waals surface area contributed by atoms with Gasteiger partial charge in [-0.05, 0) is 20.8 Å². The average Bonchev–Trinajstić information content (AvgIpc) is 2.11. The second kappa shape index (κ2) is 3.52. The van der Waals surface area contributed by atoms with Crippen LogP contribution in [0, 0.1) is 0 Å². The Morgan fingerprint density at radius 3 is 2.18 bits per heavy atom. The van der Waals surface area contributed by atoms with E-state index in [9.17, 15) is 0 Å². The Hall–Kier alpha value is -0.120. The molecule has 0 bridgehead atoms.